The van der Waals surface area contributed by atoms with Crippen molar-refractivity contribution >= 4 is 17.6 Å². The van der Waals surface area contributed by atoms with Crippen LogP contribution in [0.25, 0.3) is 0 Å². The first-order valence-corrected chi connectivity index (χ1v) is 5.14. The van der Waals surface area contributed by atoms with Crippen molar-refractivity contribution in [3.63, 3.8) is 0 Å². The van der Waals surface area contributed by atoms with Gasteiger partial charge in [-0.15, -0.1) is 11.6 Å². The number of hydrogen-bond donors (Lipinski definition) is 0. The van der Waals surface area contributed by atoms with Gasteiger partial charge in [-0.1, -0.05) is 0 Å². The van der Waals surface area contributed by atoms with Crippen LogP contribution in [0, 0.1) is 0 Å². The lowest BCUT2D eigenvalue weighted by Crippen LogP contribution is -2.10. The van der Waals surface area contributed by atoms with Crippen LogP contribution in [0.15, 0.2) is 0 Å². The summed E-state index contributed by atoms with van der Waals surface area (Å²) in [5.74, 6) is 0.441. The molecule has 0 aromatic rings. The van der Waals surface area contributed by atoms with Gasteiger partial charge in [0.05, 0.1) is 6.61 Å². The fourth-order valence-electron chi connectivity index (χ4n) is 0.795. The molecule has 0 atom stereocenters. The van der Waals surface area contributed by atoms with Crippen molar-refractivity contribution in [3.8, 4) is 0 Å². The van der Waals surface area contributed by atoms with Gasteiger partial charge in [0.15, 0.2) is 0 Å². The molecule has 0 unspecified atom stereocenters. The molecule has 13 heavy (non-hydrogen) atoms. The fraction of sp³-hybridized carbons (Fsp3) is 0.889. The second-order valence-electron chi connectivity index (χ2n) is 2.56. The van der Waals surface area contributed by atoms with Crippen LogP contribution < -0.4 is 0 Å². The number of carbonyl (C=O) groups excluding carboxylic acids is 1. The Morgan fingerprint density at radius 3 is 2.69 bits per heavy atom. The van der Waals surface area contributed by atoms with Crippen molar-refractivity contribution in [1.82, 2.24) is 0 Å². The van der Waals surface area contributed by atoms with E-state index in [-0.39, 0.29) is 5.97 Å². The SMILES string of the molecule is CCOCCOC(=O)CCCCCl. The Balaban J connectivity index is 3.11. The van der Waals surface area contributed by atoms with E-state index in [0.29, 0.717) is 32.1 Å². The first-order chi connectivity index (χ1) is 6.31. The molecular weight excluding hydrogens is 192 g/mol. The van der Waals surface area contributed by atoms with Crippen LogP contribution in [0.3, 0.4) is 0 Å². The minimum absolute atomic E-state index is 0.162. The lowest BCUT2D eigenvalue weighted by Gasteiger charge is -2.03. The van der Waals surface area contributed by atoms with Crippen LogP contribution in [0.2, 0.25) is 0 Å². The average molecular weight is 209 g/mol. The minimum Gasteiger partial charge on any atom is -0.463 e. The Hall–Kier alpha value is -0.280. The normalized spacial score (nSPS) is 10.0. The molecule has 4 heteroatoms. The molecule has 78 valence electrons. The Labute approximate surface area is 84.4 Å². The van der Waals surface area contributed by atoms with E-state index < -0.39 is 0 Å². The number of rotatable bonds is 8. The number of halogens is 1. The highest BCUT2D eigenvalue weighted by Crippen LogP contribution is 1.98. The van der Waals surface area contributed by atoms with Gasteiger partial charge in [0.25, 0.3) is 0 Å². The van der Waals surface area contributed by atoms with Crippen LogP contribution >= 0.6 is 11.6 Å². The van der Waals surface area contributed by atoms with E-state index in [2.05, 4.69) is 0 Å². The molecule has 0 aromatic heterocycles. The second kappa shape index (κ2) is 9.81. The summed E-state index contributed by atoms with van der Waals surface area (Å²) in [5.41, 5.74) is 0. The molecule has 0 bridgehead atoms. The van der Waals surface area contributed by atoms with Crippen molar-refractivity contribution in [2.24, 2.45) is 0 Å². The third-order valence-corrected chi connectivity index (χ3v) is 1.73. The Morgan fingerprint density at radius 1 is 1.31 bits per heavy atom. The monoisotopic (exact) mass is 208 g/mol. The number of alkyl halides is 1. The number of esters is 1. The molecule has 0 amide bonds. The maximum atomic E-state index is 11.0. The van der Waals surface area contributed by atoms with Gasteiger partial charge in [0.2, 0.25) is 0 Å². The number of hydrogen-bond acceptors (Lipinski definition) is 3. The molecule has 0 aliphatic heterocycles. The largest absolute Gasteiger partial charge is 0.463 e. The third kappa shape index (κ3) is 9.64. The van der Waals surface area contributed by atoms with Gasteiger partial charge in [-0.05, 0) is 19.8 Å². The van der Waals surface area contributed by atoms with E-state index in [9.17, 15) is 4.79 Å². The predicted octanol–water partition coefficient (Wildman–Crippen LogP) is 1.98. The zero-order chi connectivity index (χ0) is 9.94. The van der Waals surface area contributed by atoms with Crippen LogP contribution in [0.1, 0.15) is 26.2 Å². The third-order valence-electron chi connectivity index (χ3n) is 1.46. The molecule has 0 rings (SSSR count). The van der Waals surface area contributed by atoms with E-state index in [1.807, 2.05) is 6.92 Å². The highest BCUT2D eigenvalue weighted by Gasteiger charge is 2.01. The molecular formula is C9H17ClO3. The average Bonchev–Trinajstić information content (AvgIpc) is 2.13. The van der Waals surface area contributed by atoms with Crippen LogP contribution in [-0.4, -0.2) is 31.7 Å². The van der Waals surface area contributed by atoms with Gasteiger partial charge < -0.3 is 9.47 Å². The molecule has 0 spiro atoms. The van der Waals surface area contributed by atoms with E-state index in [1.54, 1.807) is 0 Å². The maximum Gasteiger partial charge on any atom is 0.305 e. The molecule has 0 N–H and O–H groups in total. The second-order valence-corrected chi connectivity index (χ2v) is 2.94. The van der Waals surface area contributed by atoms with Crippen LogP contribution in [-0.2, 0) is 14.3 Å². The molecule has 0 saturated carbocycles. The van der Waals surface area contributed by atoms with Gasteiger partial charge >= 0.3 is 5.97 Å². The summed E-state index contributed by atoms with van der Waals surface area (Å²) in [6.45, 7) is 3.40. The number of ether oxygens (including phenoxy) is 2. The first kappa shape index (κ1) is 12.7. The summed E-state index contributed by atoms with van der Waals surface area (Å²) in [7, 11) is 0. The summed E-state index contributed by atoms with van der Waals surface area (Å²) in [4.78, 5) is 11.0. The molecule has 0 heterocycles. The summed E-state index contributed by atoms with van der Waals surface area (Å²) < 4.78 is 9.89. The molecule has 0 aromatic carbocycles. The maximum absolute atomic E-state index is 11.0. The van der Waals surface area contributed by atoms with Crippen LogP contribution in [0.4, 0.5) is 0 Å². The zero-order valence-corrected chi connectivity index (χ0v) is 8.81. The number of carbonyl (C=O) groups is 1. The fourth-order valence-corrected chi connectivity index (χ4v) is 0.984. The summed E-state index contributed by atoms with van der Waals surface area (Å²) >= 11 is 5.46. The first-order valence-electron chi connectivity index (χ1n) is 4.60. The minimum atomic E-state index is -0.162. The van der Waals surface area contributed by atoms with Crippen molar-refractivity contribution < 1.29 is 14.3 Å². The smallest absolute Gasteiger partial charge is 0.305 e. The zero-order valence-electron chi connectivity index (χ0n) is 8.05. The lowest BCUT2D eigenvalue weighted by atomic mass is 10.2. The van der Waals surface area contributed by atoms with Gasteiger partial charge in [-0.2, -0.15) is 0 Å². The Morgan fingerprint density at radius 2 is 2.08 bits per heavy atom. The topological polar surface area (TPSA) is 35.5 Å². The Bertz CT molecular complexity index is 128. The highest BCUT2D eigenvalue weighted by atomic mass is 35.5. The van der Waals surface area contributed by atoms with Crippen molar-refractivity contribution in [2.75, 3.05) is 25.7 Å². The predicted molar refractivity (Wildman–Crippen MR) is 52.0 cm³/mol. The Kier molecular flexibility index (Phi) is 9.59. The quantitative estimate of drug-likeness (QED) is 0.348. The van der Waals surface area contributed by atoms with Crippen LogP contribution in [0.5, 0.6) is 0 Å². The summed E-state index contributed by atoms with van der Waals surface area (Å²) in [6, 6.07) is 0. The summed E-state index contributed by atoms with van der Waals surface area (Å²) in [5, 5.41) is 0. The van der Waals surface area contributed by atoms with E-state index >= 15 is 0 Å². The van der Waals surface area contributed by atoms with E-state index in [0.717, 1.165) is 12.8 Å². The van der Waals surface area contributed by atoms with Gasteiger partial charge in [-0.3, -0.25) is 4.79 Å². The van der Waals surface area contributed by atoms with Gasteiger partial charge in [-0.25, -0.2) is 0 Å². The molecule has 0 aliphatic rings. The molecule has 3 nitrogen and oxygen atoms in total. The molecule has 0 aliphatic carbocycles. The van der Waals surface area contributed by atoms with Crippen molar-refractivity contribution in [1.29, 1.82) is 0 Å². The van der Waals surface area contributed by atoms with Gasteiger partial charge in [0, 0.05) is 18.9 Å². The van der Waals surface area contributed by atoms with Gasteiger partial charge in [0.1, 0.15) is 6.61 Å². The molecule has 0 saturated heterocycles. The number of unbranched alkanes of at least 4 members (excludes halogenated alkanes) is 1. The van der Waals surface area contributed by atoms with Crippen molar-refractivity contribution in [2.45, 2.75) is 26.2 Å². The summed E-state index contributed by atoms with van der Waals surface area (Å²) in [6.07, 6.45) is 2.12. The van der Waals surface area contributed by atoms with Crippen molar-refractivity contribution in [3.05, 3.63) is 0 Å². The van der Waals surface area contributed by atoms with E-state index in [4.69, 9.17) is 21.1 Å². The standard InChI is InChI=1S/C9H17ClO3/c1-2-12-7-8-13-9(11)5-3-4-6-10/h2-8H2,1H3. The van der Waals surface area contributed by atoms with E-state index in [1.165, 1.54) is 0 Å². The molecule has 0 fully saturated rings. The lowest BCUT2D eigenvalue weighted by molar-refractivity contribution is -0.145. The highest BCUT2D eigenvalue weighted by molar-refractivity contribution is 6.17. The molecule has 0 radical (unpaired) electrons.